The molecule has 0 bridgehead atoms. The van der Waals surface area contributed by atoms with Gasteiger partial charge in [0, 0.05) is 22.7 Å². The molecule has 6 heteroatoms. The van der Waals surface area contributed by atoms with E-state index < -0.39 is 18.5 Å². The number of hydrogen-bond donors (Lipinski definition) is 1. The molecule has 0 aliphatic heterocycles. The molecule has 0 fully saturated rings. The summed E-state index contributed by atoms with van der Waals surface area (Å²) in [4.78, 5) is 36.4. The lowest BCUT2D eigenvalue weighted by atomic mass is 9.98. The fourth-order valence-electron chi connectivity index (χ4n) is 2.06. The van der Waals surface area contributed by atoms with Crippen molar-refractivity contribution in [3.8, 4) is 0 Å². The van der Waals surface area contributed by atoms with Gasteiger partial charge in [0.15, 0.2) is 12.4 Å². The van der Waals surface area contributed by atoms with E-state index in [4.69, 9.17) is 16.3 Å². The molecule has 0 aliphatic rings. The number of esters is 1. The van der Waals surface area contributed by atoms with Crippen LogP contribution in [0.1, 0.15) is 26.3 Å². The lowest BCUT2D eigenvalue weighted by molar-refractivity contribution is -0.124. The summed E-state index contributed by atoms with van der Waals surface area (Å²) in [6.07, 6.45) is 1.51. The molecule has 0 aromatic heterocycles. The first-order valence-electron chi connectivity index (χ1n) is 7.47. The summed E-state index contributed by atoms with van der Waals surface area (Å²) in [6, 6.07) is 12.6. The average Bonchev–Trinajstić information content (AvgIpc) is 2.64. The summed E-state index contributed by atoms with van der Waals surface area (Å²) in [6.45, 7) is 3.32. The van der Waals surface area contributed by atoms with E-state index in [1.807, 2.05) is 0 Å². The second kappa shape index (κ2) is 8.80. The molecular formula is C19H16ClNO4. The summed E-state index contributed by atoms with van der Waals surface area (Å²) in [5.74, 6) is -1.53. The predicted molar refractivity (Wildman–Crippen MR) is 94.8 cm³/mol. The molecule has 0 unspecified atom stereocenters. The molecule has 0 saturated heterocycles. The number of carbonyl (C=O) groups is 3. The van der Waals surface area contributed by atoms with Crippen LogP contribution in [-0.4, -0.2) is 30.8 Å². The van der Waals surface area contributed by atoms with Crippen molar-refractivity contribution in [2.75, 3.05) is 13.2 Å². The Balaban J connectivity index is 2.15. The Morgan fingerprint density at radius 1 is 1.04 bits per heavy atom. The van der Waals surface area contributed by atoms with Crippen LogP contribution in [0.4, 0.5) is 0 Å². The van der Waals surface area contributed by atoms with Crippen LogP contribution in [0.3, 0.4) is 0 Å². The van der Waals surface area contributed by atoms with Gasteiger partial charge in [-0.3, -0.25) is 9.59 Å². The van der Waals surface area contributed by atoms with Crippen molar-refractivity contribution in [3.63, 3.8) is 0 Å². The third kappa shape index (κ3) is 5.02. The zero-order valence-corrected chi connectivity index (χ0v) is 14.1. The summed E-state index contributed by atoms with van der Waals surface area (Å²) >= 11 is 5.82. The maximum Gasteiger partial charge on any atom is 0.339 e. The van der Waals surface area contributed by atoms with Crippen molar-refractivity contribution in [1.82, 2.24) is 5.32 Å². The fraction of sp³-hybridized carbons (Fsp3) is 0.105. The topological polar surface area (TPSA) is 72.5 Å². The van der Waals surface area contributed by atoms with E-state index in [9.17, 15) is 14.4 Å². The van der Waals surface area contributed by atoms with Gasteiger partial charge < -0.3 is 10.1 Å². The van der Waals surface area contributed by atoms with Gasteiger partial charge in [-0.2, -0.15) is 0 Å². The van der Waals surface area contributed by atoms with Crippen molar-refractivity contribution in [3.05, 3.63) is 82.9 Å². The summed E-state index contributed by atoms with van der Waals surface area (Å²) in [5.41, 5.74) is 0.689. The number of rotatable bonds is 7. The van der Waals surface area contributed by atoms with Gasteiger partial charge in [-0.25, -0.2) is 4.79 Å². The van der Waals surface area contributed by atoms with Gasteiger partial charge in [-0.05, 0) is 30.3 Å². The molecule has 0 heterocycles. The molecule has 1 amide bonds. The number of hydrogen-bond acceptors (Lipinski definition) is 4. The molecular weight excluding hydrogens is 342 g/mol. The lowest BCUT2D eigenvalue weighted by Crippen LogP contribution is -2.29. The Kier molecular flexibility index (Phi) is 6.48. The molecule has 25 heavy (non-hydrogen) atoms. The first kappa shape index (κ1) is 18.4. The minimum absolute atomic E-state index is 0.0963. The Labute approximate surface area is 150 Å². The molecule has 2 aromatic carbocycles. The minimum Gasteiger partial charge on any atom is -0.452 e. The zero-order chi connectivity index (χ0) is 18.2. The number of nitrogens with one attached hydrogen (secondary N) is 1. The van der Waals surface area contributed by atoms with Gasteiger partial charge in [0.1, 0.15) is 0 Å². The van der Waals surface area contributed by atoms with E-state index in [-0.39, 0.29) is 23.5 Å². The first-order valence-corrected chi connectivity index (χ1v) is 7.84. The molecule has 0 radical (unpaired) electrons. The van der Waals surface area contributed by atoms with Crippen LogP contribution in [0.25, 0.3) is 0 Å². The highest BCUT2D eigenvalue weighted by atomic mass is 35.5. The van der Waals surface area contributed by atoms with Gasteiger partial charge in [0.2, 0.25) is 0 Å². The van der Waals surface area contributed by atoms with Crippen LogP contribution in [0, 0.1) is 0 Å². The lowest BCUT2D eigenvalue weighted by Gasteiger charge is -2.09. The molecule has 0 spiro atoms. The Hall–Kier alpha value is -2.92. The minimum atomic E-state index is -0.744. The summed E-state index contributed by atoms with van der Waals surface area (Å²) in [7, 11) is 0. The number of carbonyl (C=O) groups excluding carboxylic acids is 3. The van der Waals surface area contributed by atoms with Crippen LogP contribution < -0.4 is 5.32 Å². The van der Waals surface area contributed by atoms with Gasteiger partial charge >= 0.3 is 5.97 Å². The number of ether oxygens (including phenoxy) is 1. The van der Waals surface area contributed by atoms with E-state index in [1.54, 1.807) is 36.4 Å². The van der Waals surface area contributed by atoms with E-state index in [0.717, 1.165) is 0 Å². The van der Waals surface area contributed by atoms with Crippen molar-refractivity contribution in [1.29, 1.82) is 0 Å². The second-order valence-electron chi connectivity index (χ2n) is 5.05. The number of ketones is 1. The molecule has 128 valence electrons. The second-order valence-corrected chi connectivity index (χ2v) is 5.49. The quantitative estimate of drug-likeness (QED) is 0.469. The Bertz CT molecular complexity index is 799. The molecule has 2 aromatic rings. The fourth-order valence-corrected chi connectivity index (χ4v) is 2.19. The van der Waals surface area contributed by atoms with Gasteiger partial charge in [0.25, 0.3) is 5.91 Å². The van der Waals surface area contributed by atoms with Crippen molar-refractivity contribution in [2.45, 2.75) is 0 Å². The molecule has 0 aliphatic carbocycles. The van der Waals surface area contributed by atoms with Crippen LogP contribution >= 0.6 is 11.6 Å². The van der Waals surface area contributed by atoms with E-state index >= 15 is 0 Å². The Morgan fingerprint density at radius 3 is 2.32 bits per heavy atom. The normalized spacial score (nSPS) is 9.96. The molecule has 5 nitrogen and oxygen atoms in total. The van der Waals surface area contributed by atoms with Crippen LogP contribution in [0.5, 0.6) is 0 Å². The monoisotopic (exact) mass is 357 g/mol. The van der Waals surface area contributed by atoms with Gasteiger partial charge in [-0.1, -0.05) is 35.9 Å². The highest BCUT2D eigenvalue weighted by molar-refractivity contribution is 6.30. The molecule has 2 rings (SSSR count). The Morgan fingerprint density at radius 2 is 1.68 bits per heavy atom. The smallest absolute Gasteiger partial charge is 0.339 e. The third-order valence-electron chi connectivity index (χ3n) is 3.28. The maximum atomic E-state index is 12.6. The van der Waals surface area contributed by atoms with E-state index in [1.165, 1.54) is 18.2 Å². The van der Waals surface area contributed by atoms with Crippen molar-refractivity contribution >= 4 is 29.3 Å². The zero-order valence-electron chi connectivity index (χ0n) is 13.3. The van der Waals surface area contributed by atoms with E-state index in [0.29, 0.717) is 10.6 Å². The predicted octanol–water partition coefficient (Wildman–Crippen LogP) is 3.03. The van der Waals surface area contributed by atoms with Gasteiger partial charge in [0.05, 0.1) is 5.56 Å². The van der Waals surface area contributed by atoms with Crippen molar-refractivity contribution < 1.29 is 19.1 Å². The standard InChI is InChI=1S/C19H16ClNO4/c1-2-11-21-17(22)12-25-19(24)16-6-4-3-5-15(16)18(23)13-7-9-14(20)10-8-13/h2-10H,1,11-12H2,(H,21,22). The van der Waals surface area contributed by atoms with Crippen LogP contribution in [0.2, 0.25) is 5.02 Å². The molecule has 0 atom stereocenters. The highest BCUT2D eigenvalue weighted by Gasteiger charge is 2.19. The van der Waals surface area contributed by atoms with Crippen LogP contribution in [-0.2, 0) is 9.53 Å². The van der Waals surface area contributed by atoms with Gasteiger partial charge in [-0.15, -0.1) is 6.58 Å². The molecule has 1 N–H and O–H groups in total. The van der Waals surface area contributed by atoms with Crippen molar-refractivity contribution in [2.24, 2.45) is 0 Å². The van der Waals surface area contributed by atoms with E-state index in [2.05, 4.69) is 11.9 Å². The summed E-state index contributed by atoms with van der Waals surface area (Å²) in [5, 5.41) is 3.00. The first-order chi connectivity index (χ1) is 12.0. The highest BCUT2D eigenvalue weighted by Crippen LogP contribution is 2.17. The molecule has 0 saturated carbocycles. The number of benzene rings is 2. The summed E-state index contributed by atoms with van der Waals surface area (Å²) < 4.78 is 4.97. The third-order valence-corrected chi connectivity index (χ3v) is 3.53. The number of amides is 1. The van der Waals surface area contributed by atoms with Crippen LogP contribution in [0.15, 0.2) is 61.2 Å². The SMILES string of the molecule is C=CCNC(=O)COC(=O)c1ccccc1C(=O)c1ccc(Cl)cc1. The average molecular weight is 358 g/mol. The largest absolute Gasteiger partial charge is 0.452 e. The number of halogens is 1. The maximum absolute atomic E-state index is 12.6.